The van der Waals surface area contributed by atoms with E-state index >= 15 is 0 Å². The lowest BCUT2D eigenvalue weighted by atomic mass is 10.2. The Kier molecular flexibility index (Phi) is 5.20. The number of aryl methyl sites for hydroxylation is 2. The number of nitrogens with one attached hydrogen (secondary N) is 1. The molecule has 0 fully saturated rings. The van der Waals surface area contributed by atoms with E-state index in [-0.39, 0.29) is 12.5 Å². The molecule has 0 aliphatic carbocycles. The van der Waals surface area contributed by atoms with Gasteiger partial charge in [0.25, 0.3) is 5.91 Å². The first-order valence-corrected chi connectivity index (χ1v) is 7.40. The van der Waals surface area contributed by atoms with Gasteiger partial charge in [0.15, 0.2) is 5.69 Å². The summed E-state index contributed by atoms with van der Waals surface area (Å²) in [5.41, 5.74) is 2.15. The van der Waals surface area contributed by atoms with Crippen molar-refractivity contribution in [1.82, 2.24) is 10.5 Å². The Morgan fingerprint density at radius 3 is 2.59 bits per heavy atom. The molecule has 1 heterocycles. The lowest BCUT2D eigenvalue weighted by Gasteiger charge is -2.08. The van der Waals surface area contributed by atoms with Crippen LogP contribution in [0.2, 0.25) is 0 Å². The van der Waals surface area contributed by atoms with Crippen LogP contribution in [0.5, 0.6) is 5.75 Å². The van der Waals surface area contributed by atoms with Gasteiger partial charge in [0.2, 0.25) is 0 Å². The van der Waals surface area contributed by atoms with Crippen LogP contribution < -0.4 is 10.1 Å². The summed E-state index contributed by atoms with van der Waals surface area (Å²) in [4.78, 5) is 12.2. The number of rotatable bonds is 6. The Morgan fingerprint density at radius 2 is 1.95 bits per heavy atom. The van der Waals surface area contributed by atoms with E-state index in [2.05, 4.69) is 10.5 Å². The van der Waals surface area contributed by atoms with E-state index in [0.717, 1.165) is 5.75 Å². The van der Waals surface area contributed by atoms with Crippen molar-refractivity contribution in [2.75, 3.05) is 6.54 Å². The van der Waals surface area contributed by atoms with Crippen molar-refractivity contribution >= 4 is 5.91 Å². The maximum Gasteiger partial charge on any atom is 0.273 e. The van der Waals surface area contributed by atoms with Gasteiger partial charge in [0, 0.05) is 6.54 Å². The number of benzene rings is 1. The molecule has 0 atom stereocenters. The Morgan fingerprint density at radius 1 is 1.27 bits per heavy atom. The third kappa shape index (κ3) is 4.10. The molecule has 0 bridgehead atoms. The molecule has 1 amide bonds. The van der Waals surface area contributed by atoms with Gasteiger partial charge in [-0.3, -0.25) is 4.79 Å². The molecule has 1 N–H and O–H groups in total. The predicted molar refractivity (Wildman–Crippen MR) is 83.9 cm³/mol. The van der Waals surface area contributed by atoms with E-state index < -0.39 is 0 Å². The van der Waals surface area contributed by atoms with Crippen molar-refractivity contribution in [1.29, 1.82) is 0 Å². The third-order valence-electron chi connectivity index (χ3n) is 3.27. The van der Waals surface area contributed by atoms with Gasteiger partial charge in [-0.1, -0.05) is 36.7 Å². The topological polar surface area (TPSA) is 64.4 Å². The van der Waals surface area contributed by atoms with Crippen molar-refractivity contribution in [3.05, 3.63) is 46.8 Å². The van der Waals surface area contributed by atoms with Crippen LogP contribution in [0.25, 0.3) is 0 Å². The van der Waals surface area contributed by atoms with Crippen molar-refractivity contribution < 1.29 is 14.1 Å². The SMILES string of the molecule is Cc1ccc(OCc2c(C(=O)NCC(C)C)noc2C)cc1. The van der Waals surface area contributed by atoms with Crippen LogP contribution in [0.15, 0.2) is 28.8 Å². The minimum Gasteiger partial charge on any atom is -0.489 e. The number of hydrogen-bond donors (Lipinski definition) is 1. The molecule has 0 saturated heterocycles. The standard InChI is InChI=1S/C17H22N2O3/c1-11(2)9-18-17(20)16-15(13(4)22-19-16)10-21-14-7-5-12(3)6-8-14/h5-8,11H,9-10H2,1-4H3,(H,18,20). The molecular formula is C17H22N2O3. The molecule has 0 aliphatic heterocycles. The monoisotopic (exact) mass is 302 g/mol. The summed E-state index contributed by atoms with van der Waals surface area (Å²) in [6.45, 7) is 8.72. The molecular weight excluding hydrogens is 280 g/mol. The van der Waals surface area contributed by atoms with Crippen molar-refractivity contribution in [3.8, 4) is 5.75 Å². The first-order valence-electron chi connectivity index (χ1n) is 7.40. The van der Waals surface area contributed by atoms with Crippen molar-refractivity contribution in [2.24, 2.45) is 5.92 Å². The molecule has 5 nitrogen and oxygen atoms in total. The van der Waals surface area contributed by atoms with E-state index in [0.29, 0.717) is 29.5 Å². The summed E-state index contributed by atoms with van der Waals surface area (Å²) in [6, 6.07) is 7.76. The van der Waals surface area contributed by atoms with E-state index in [4.69, 9.17) is 9.26 Å². The fourth-order valence-corrected chi connectivity index (χ4v) is 1.91. The molecule has 0 radical (unpaired) electrons. The number of nitrogens with zero attached hydrogens (tertiary/aromatic N) is 1. The molecule has 22 heavy (non-hydrogen) atoms. The zero-order valence-corrected chi connectivity index (χ0v) is 13.5. The number of amides is 1. The Bertz CT molecular complexity index is 630. The van der Waals surface area contributed by atoms with Crippen LogP contribution >= 0.6 is 0 Å². The Balaban J connectivity index is 2.05. The Labute approximate surface area is 130 Å². The van der Waals surface area contributed by atoms with Gasteiger partial charge in [-0.05, 0) is 31.9 Å². The summed E-state index contributed by atoms with van der Waals surface area (Å²) in [6.07, 6.45) is 0. The lowest BCUT2D eigenvalue weighted by Crippen LogP contribution is -2.28. The summed E-state index contributed by atoms with van der Waals surface area (Å²) in [5, 5.41) is 6.69. The fraction of sp³-hybridized carbons (Fsp3) is 0.412. The highest BCUT2D eigenvalue weighted by Crippen LogP contribution is 2.18. The van der Waals surface area contributed by atoms with Crippen LogP contribution in [0.1, 0.15) is 41.2 Å². The number of carbonyl (C=O) groups is 1. The lowest BCUT2D eigenvalue weighted by molar-refractivity contribution is 0.0937. The van der Waals surface area contributed by atoms with Gasteiger partial charge < -0.3 is 14.6 Å². The minimum atomic E-state index is -0.229. The normalized spacial score (nSPS) is 10.8. The molecule has 0 unspecified atom stereocenters. The molecule has 1 aromatic carbocycles. The van der Waals surface area contributed by atoms with Crippen molar-refractivity contribution in [2.45, 2.75) is 34.3 Å². The summed E-state index contributed by atoms with van der Waals surface area (Å²) in [5.74, 6) is 1.50. The summed E-state index contributed by atoms with van der Waals surface area (Å²) < 4.78 is 10.9. The molecule has 2 aromatic rings. The molecule has 118 valence electrons. The van der Waals surface area contributed by atoms with E-state index in [1.807, 2.05) is 45.0 Å². The fourth-order valence-electron chi connectivity index (χ4n) is 1.91. The smallest absolute Gasteiger partial charge is 0.273 e. The summed E-state index contributed by atoms with van der Waals surface area (Å²) >= 11 is 0. The highest BCUT2D eigenvalue weighted by molar-refractivity contribution is 5.93. The predicted octanol–water partition coefficient (Wildman–Crippen LogP) is 3.26. The zero-order chi connectivity index (χ0) is 16.1. The number of carbonyl (C=O) groups excluding carboxylic acids is 1. The second kappa shape index (κ2) is 7.11. The Hall–Kier alpha value is -2.30. The highest BCUT2D eigenvalue weighted by atomic mass is 16.5. The highest BCUT2D eigenvalue weighted by Gasteiger charge is 2.20. The van der Waals surface area contributed by atoms with E-state index in [1.165, 1.54) is 5.56 Å². The maximum absolute atomic E-state index is 12.2. The zero-order valence-electron chi connectivity index (χ0n) is 13.5. The van der Waals surface area contributed by atoms with Crippen LogP contribution in [0.3, 0.4) is 0 Å². The maximum atomic E-state index is 12.2. The quantitative estimate of drug-likeness (QED) is 0.889. The van der Waals surface area contributed by atoms with Gasteiger partial charge in [0.05, 0.1) is 5.56 Å². The number of aromatic nitrogens is 1. The number of ether oxygens (including phenoxy) is 1. The van der Waals surface area contributed by atoms with Gasteiger partial charge in [0.1, 0.15) is 18.1 Å². The van der Waals surface area contributed by atoms with Gasteiger partial charge >= 0.3 is 0 Å². The van der Waals surface area contributed by atoms with Gasteiger partial charge in [-0.15, -0.1) is 0 Å². The largest absolute Gasteiger partial charge is 0.489 e. The first-order chi connectivity index (χ1) is 10.5. The van der Waals surface area contributed by atoms with Crippen LogP contribution in [0, 0.1) is 19.8 Å². The second-order valence-electron chi connectivity index (χ2n) is 5.77. The molecule has 0 saturated carbocycles. The number of hydrogen-bond acceptors (Lipinski definition) is 4. The average molecular weight is 302 g/mol. The third-order valence-corrected chi connectivity index (χ3v) is 3.27. The van der Waals surface area contributed by atoms with Gasteiger partial charge in [-0.2, -0.15) is 0 Å². The first kappa shape index (κ1) is 16.1. The average Bonchev–Trinajstić information content (AvgIpc) is 2.85. The molecule has 0 aliphatic rings. The van der Waals surface area contributed by atoms with Crippen LogP contribution in [-0.4, -0.2) is 17.6 Å². The van der Waals surface area contributed by atoms with Crippen LogP contribution in [-0.2, 0) is 6.61 Å². The molecule has 5 heteroatoms. The second-order valence-corrected chi connectivity index (χ2v) is 5.77. The molecule has 1 aromatic heterocycles. The van der Waals surface area contributed by atoms with E-state index in [9.17, 15) is 4.79 Å². The van der Waals surface area contributed by atoms with Crippen LogP contribution in [0.4, 0.5) is 0 Å². The van der Waals surface area contributed by atoms with E-state index in [1.54, 1.807) is 6.92 Å². The summed E-state index contributed by atoms with van der Waals surface area (Å²) in [7, 11) is 0. The van der Waals surface area contributed by atoms with Gasteiger partial charge in [-0.25, -0.2) is 0 Å². The molecule has 2 rings (SSSR count). The minimum absolute atomic E-state index is 0.229. The van der Waals surface area contributed by atoms with Crippen molar-refractivity contribution in [3.63, 3.8) is 0 Å². The molecule has 0 spiro atoms.